The first kappa shape index (κ1) is 12.7. The van der Waals surface area contributed by atoms with Crippen LogP contribution in [0.4, 0.5) is 5.69 Å². The predicted molar refractivity (Wildman–Crippen MR) is 73.9 cm³/mol. The molecular formula is C14H22N4O. The van der Waals surface area contributed by atoms with Gasteiger partial charge in [-0.05, 0) is 32.1 Å². The minimum absolute atomic E-state index is 0.0345. The number of hydrogen-bond acceptors (Lipinski definition) is 3. The second-order valence-corrected chi connectivity index (χ2v) is 5.90. The van der Waals surface area contributed by atoms with Crippen molar-refractivity contribution < 1.29 is 4.79 Å². The maximum atomic E-state index is 12.3. The van der Waals surface area contributed by atoms with Crippen LogP contribution in [0.1, 0.15) is 37.8 Å². The summed E-state index contributed by atoms with van der Waals surface area (Å²) in [7, 11) is 1.87. The summed E-state index contributed by atoms with van der Waals surface area (Å²) in [5.41, 5.74) is 1.69. The highest BCUT2D eigenvalue weighted by atomic mass is 16.2. The smallest absolute Gasteiger partial charge is 0.241 e. The molecule has 1 aromatic heterocycles. The molecule has 104 valence electrons. The normalized spacial score (nSPS) is 30.1. The van der Waals surface area contributed by atoms with E-state index in [1.165, 1.54) is 25.7 Å². The zero-order valence-corrected chi connectivity index (χ0v) is 11.6. The first-order chi connectivity index (χ1) is 9.13. The van der Waals surface area contributed by atoms with Crippen molar-refractivity contribution in [2.24, 2.45) is 13.0 Å². The highest BCUT2D eigenvalue weighted by molar-refractivity contribution is 5.95. The zero-order valence-electron chi connectivity index (χ0n) is 11.6. The van der Waals surface area contributed by atoms with Crippen LogP contribution < -0.4 is 10.6 Å². The molecule has 1 aromatic rings. The third kappa shape index (κ3) is 2.52. The van der Waals surface area contributed by atoms with Crippen LogP contribution in [0.2, 0.25) is 0 Å². The zero-order chi connectivity index (χ0) is 13.4. The summed E-state index contributed by atoms with van der Waals surface area (Å²) in [5.74, 6) is 0.782. The third-order valence-corrected chi connectivity index (χ3v) is 4.45. The second kappa shape index (κ2) is 4.96. The molecular weight excluding hydrogens is 240 g/mol. The molecule has 2 fully saturated rings. The number of aromatic nitrogens is 2. The molecule has 2 heterocycles. The lowest BCUT2D eigenvalue weighted by molar-refractivity contribution is -0.117. The molecule has 1 amide bonds. The van der Waals surface area contributed by atoms with Gasteiger partial charge in [0.15, 0.2) is 0 Å². The average molecular weight is 262 g/mol. The Hall–Kier alpha value is -1.36. The maximum Gasteiger partial charge on any atom is 0.241 e. The Labute approximate surface area is 113 Å². The van der Waals surface area contributed by atoms with Crippen LogP contribution in [0.25, 0.3) is 0 Å². The van der Waals surface area contributed by atoms with E-state index in [9.17, 15) is 4.79 Å². The molecule has 2 N–H and O–H groups in total. The molecule has 1 aliphatic heterocycles. The van der Waals surface area contributed by atoms with E-state index in [-0.39, 0.29) is 11.9 Å². The van der Waals surface area contributed by atoms with E-state index < -0.39 is 0 Å². The van der Waals surface area contributed by atoms with Gasteiger partial charge in [-0.2, -0.15) is 5.10 Å². The SMILES string of the molecule is Cc1nn(C)cc1NC(=O)C1CC2CCCCC2N1. The molecule has 1 aliphatic carbocycles. The Balaban J connectivity index is 1.63. The summed E-state index contributed by atoms with van der Waals surface area (Å²) < 4.78 is 1.73. The van der Waals surface area contributed by atoms with Crippen LogP contribution >= 0.6 is 0 Å². The summed E-state index contributed by atoms with van der Waals surface area (Å²) in [6.07, 6.45) is 7.95. The van der Waals surface area contributed by atoms with E-state index in [2.05, 4.69) is 15.7 Å². The van der Waals surface area contributed by atoms with Crippen LogP contribution in [-0.2, 0) is 11.8 Å². The largest absolute Gasteiger partial charge is 0.322 e. The summed E-state index contributed by atoms with van der Waals surface area (Å²) in [6.45, 7) is 1.91. The van der Waals surface area contributed by atoms with E-state index in [1.807, 2.05) is 20.2 Å². The molecule has 1 saturated heterocycles. The van der Waals surface area contributed by atoms with Crippen LogP contribution in [0.15, 0.2) is 6.20 Å². The second-order valence-electron chi connectivity index (χ2n) is 5.90. The molecule has 5 nitrogen and oxygen atoms in total. The fourth-order valence-electron chi connectivity index (χ4n) is 3.46. The molecule has 0 bridgehead atoms. The summed E-state index contributed by atoms with van der Waals surface area (Å²) in [4.78, 5) is 12.3. The predicted octanol–water partition coefficient (Wildman–Crippen LogP) is 1.59. The number of aryl methyl sites for hydroxylation is 2. The first-order valence-corrected chi connectivity index (χ1v) is 7.20. The number of nitrogens with one attached hydrogen (secondary N) is 2. The standard InChI is InChI=1S/C14H22N4O/c1-9-13(8-18(2)17-9)16-14(19)12-7-10-5-3-4-6-11(10)15-12/h8,10-12,15H,3-7H2,1-2H3,(H,16,19). The lowest BCUT2D eigenvalue weighted by atomic mass is 9.85. The topological polar surface area (TPSA) is 59.0 Å². The van der Waals surface area contributed by atoms with E-state index in [1.54, 1.807) is 4.68 Å². The average Bonchev–Trinajstić information content (AvgIpc) is 2.93. The minimum atomic E-state index is -0.0345. The van der Waals surface area contributed by atoms with Crippen LogP contribution in [0.5, 0.6) is 0 Å². The Morgan fingerprint density at radius 2 is 2.26 bits per heavy atom. The van der Waals surface area contributed by atoms with E-state index >= 15 is 0 Å². The van der Waals surface area contributed by atoms with Gasteiger partial charge in [-0.1, -0.05) is 12.8 Å². The number of fused-ring (bicyclic) bond motifs is 1. The molecule has 5 heteroatoms. The number of anilines is 1. The van der Waals surface area contributed by atoms with Crippen LogP contribution in [-0.4, -0.2) is 27.8 Å². The molecule has 3 atom stereocenters. The minimum Gasteiger partial charge on any atom is -0.322 e. The number of hydrogen-bond donors (Lipinski definition) is 2. The van der Waals surface area contributed by atoms with Crippen molar-refractivity contribution in [3.05, 3.63) is 11.9 Å². The fourth-order valence-corrected chi connectivity index (χ4v) is 3.46. The Bertz CT molecular complexity index is 468. The van der Waals surface area contributed by atoms with Gasteiger partial charge in [-0.25, -0.2) is 0 Å². The molecule has 19 heavy (non-hydrogen) atoms. The molecule has 3 unspecified atom stereocenters. The van der Waals surface area contributed by atoms with E-state index in [4.69, 9.17) is 0 Å². The summed E-state index contributed by atoms with van der Waals surface area (Å²) >= 11 is 0. The van der Waals surface area contributed by atoms with Crippen molar-refractivity contribution in [2.45, 2.75) is 51.1 Å². The van der Waals surface area contributed by atoms with Gasteiger partial charge in [-0.15, -0.1) is 0 Å². The van der Waals surface area contributed by atoms with Gasteiger partial charge in [-0.3, -0.25) is 9.48 Å². The number of carbonyl (C=O) groups is 1. The van der Waals surface area contributed by atoms with Crippen molar-refractivity contribution in [3.63, 3.8) is 0 Å². The molecule has 3 rings (SSSR count). The van der Waals surface area contributed by atoms with Crippen molar-refractivity contribution in [2.75, 3.05) is 5.32 Å². The van der Waals surface area contributed by atoms with Crippen LogP contribution in [0, 0.1) is 12.8 Å². The first-order valence-electron chi connectivity index (χ1n) is 7.20. The highest BCUT2D eigenvalue weighted by Gasteiger charge is 2.38. The summed E-state index contributed by atoms with van der Waals surface area (Å²) in [6, 6.07) is 0.521. The number of carbonyl (C=O) groups excluding carboxylic acids is 1. The van der Waals surface area contributed by atoms with Crippen molar-refractivity contribution in [3.8, 4) is 0 Å². The van der Waals surface area contributed by atoms with E-state index in [0.717, 1.165) is 17.8 Å². The third-order valence-electron chi connectivity index (χ3n) is 4.45. The van der Waals surface area contributed by atoms with Gasteiger partial charge < -0.3 is 10.6 Å². The van der Waals surface area contributed by atoms with Gasteiger partial charge in [0.2, 0.25) is 5.91 Å². The molecule has 0 spiro atoms. The van der Waals surface area contributed by atoms with Gasteiger partial charge >= 0.3 is 0 Å². The number of rotatable bonds is 2. The Morgan fingerprint density at radius 1 is 1.47 bits per heavy atom. The van der Waals surface area contributed by atoms with Crippen molar-refractivity contribution in [1.82, 2.24) is 15.1 Å². The van der Waals surface area contributed by atoms with Gasteiger partial charge in [0.25, 0.3) is 0 Å². The Kier molecular flexibility index (Phi) is 3.31. The molecule has 1 saturated carbocycles. The number of amides is 1. The van der Waals surface area contributed by atoms with E-state index in [0.29, 0.717) is 12.0 Å². The van der Waals surface area contributed by atoms with Crippen LogP contribution in [0.3, 0.4) is 0 Å². The van der Waals surface area contributed by atoms with Crippen molar-refractivity contribution >= 4 is 11.6 Å². The van der Waals surface area contributed by atoms with Gasteiger partial charge in [0.05, 0.1) is 17.4 Å². The van der Waals surface area contributed by atoms with Gasteiger partial charge in [0.1, 0.15) is 0 Å². The highest BCUT2D eigenvalue weighted by Crippen LogP contribution is 2.33. The monoisotopic (exact) mass is 262 g/mol. The quantitative estimate of drug-likeness (QED) is 0.851. The molecule has 2 aliphatic rings. The van der Waals surface area contributed by atoms with Crippen molar-refractivity contribution in [1.29, 1.82) is 0 Å². The Morgan fingerprint density at radius 3 is 2.95 bits per heavy atom. The molecule has 0 radical (unpaired) electrons. The maximum absolute atomic E-state index is 12.3. The molecule has 0 aromatic carbocycles. The fraction of sp³-hybridized carbons (Fsp3) is 0.714. The van der Waals surface area contributed by atoms with Gasteiger partial charge in [0, 0.05) is 19.3 Å². The summed E-state index contributed by atoms with van der Waals surface area (Å²) in [5, 5.41) is 10.7. The number of nitrogens with zero attached hydrogens (tertiary/aromatic N) is 2. The lowest BCUT2D eigenvalue weighted by Crippen LogP contribution is -2.39. The lowest BCUT2D eigenvalue weighted by Gasteiger charge is -2.24.